The number of amides is 2. The van der Waals surface area contributed by atoms with E-state index in [2.05, 4.69) is 5.32 Å². The highest BCUT2D eigenvalue weighted by Crippen LogP contribution is 2.29. The Morgan fingerprint density at radius 2 is 1.96 bits per heavy atom. The van der Waals surface area contributed by atoms with Crippen molar-refractivity contribution >= 4 is 34.8 Å². The number of nitrogens with zero attached hydrogens (tertiary/aromatic N) is 1. The van der Waals surface area contributed by atoms with Crippen LogP contribution >= 0.6 is 11.6 Å². The summed E-state index contributed by atoms with van der Waals surface area (Å²) in [5.74, 6) is -0.485. The Morgan fingerprint density at radius 1 is 1.24 bits per heavy atom. The van der Waals surface area contributed by atoms with Crippen LogP contribution in [0.2, 0.25) is 5.02 Å². The predicted octanol–water partition coefficient (Wildman–Crippen LogP) is 3.65. The summed E-state index contributed by atoms with van der Waals surface area (Å²) in [6, 6.07) is 12.5. The molecule has 2 amide bonds. The van der Waals surface area contributed by atoms with Gasteiger partial charge in [0.2, 0.25) is 11.8 Å². The molecule has 2 aromatic carbocycles. The summed E-state index contributed by atoms with van der Waals surface area (Å²) >= 11 is 6.14. The monoisotopic (exact) mass is 358 g/mol. The Hall–Kier alpha value is -2.53. The Morgan fingerprint density at radius 3 is 2.60 bits per heavy atom. The molecule has 25 heavy (non-hydrogen) atoms. The first-order chi connectivity index (χ1) is 12.0. The second-order valence-electron chi connectivity index (χ2n) is 5.98. The number of halogens is 1. The van der Waals surface area contributed by atoms with Crippen molar-refractivity contribution in [3.05, 3.63) is 53.1 Å². The van der Waals surface area contributed by atoms with Gasteiger partial charge in [0.1, 0.15) is 11.7 Å². The zero-order chi connectivity index (χ0) is 18.0. The maximum Gasteiger partial charge on any atom is 0.239 e. The van der Waals surface area contributed by atoms with Gasteiger partial charge >= 0.3 is 0 Å². The molecule has 0 aromatic heterocycles. The van der Waals surface area contributed by atoms with Crippen LogP contribution in [0.15, 0.2) is 42.5 Å². The quantitative estimate of drug-likeness (QED) is 0.849. The van der Waals surface area contributed by atoms with E-state index in [1.807, 2.05) is 19.1 Å². The fourth-order valence-electron chi connectivity index (χ4n) is 2.83. The van der Waals surface area contributed by atoms with Crippen molar-refractivity contribution in [3.8, 4) is 5.75 Å². The standard InChI is InChI=1S/C19H19ClN2O3/c1-12-3-6-14(11-17(12)20)22-10-9-16(19(22)24)18(23)21-13-4-7-15(25-2)8-5-13/h3-8,11,16H,9-10H2,1-2H3,(H,21,23)/t16-/m0/s1. The Labute approximate surface area is 151 Å². The number of rotatable bonds is 4. The lowest BCUT2D eigenvalue weighted by molar-refractivity contribution is -0.129. The molecule has 3 rings (SSSR count). The van der Waals surface area contributed by atoms with Crippen LogP contribution in [0.3, 0.4) is 0 Å². The largest absolute Gasteiger partial charge is 0.497 e. The maximum atomic E-state index is 12.6. The zero-order valence-corrected chi connectivity index (χ0v) is 14.8. The molecule has 130 valence electrons. The van der Waals surface area contributed by atoms with Gasteiger partial charge in [-0.1, -0.05) is 17.7 Å². The lowest BCUT2D eigenvalue weighted by Crippen LogP contribution is -2.33. The average molecular weight is 359 g/mol. The highest BCUT2D eigenvalue weighted by atomic mass is 35.5. The van der Waals surface area contributed by atoms with Gasteiger partial charge in [0, 0.05) is 22.9 Å². The van der Waals surface area contributed by atoms with Crippen LogP contribution in [0.1, 0.15) is 12.0 Å². The summed E-state index contributed by atoms with van der Waals surface area (Å²) in [6.07, 6.45) is 0.478. The summed E-state index contributed by atoms with van der Waals surface area (Å²) in [7, 11) is 1.58. The van der Waals surface area contributed by atoms with Crippen molar-refractivity contribution in [2.45, 2.75) is 13.3 Å². The average Bonchev–Trinajstić information content (AvgIpc) is 2.99. The Bertz CT molecular complexity index is 805. The van der Waals surface area contributed by atoms with Gasteiger partial charge in [0.15, 0.2) is 0 Å². The van der Waals surface area contributed by atoms with Crippen LogP contribution in [0.25, 0.3) is 0 Å². The molecule has 1 aliphatic heterocycles. The van der Waals surface area contributed by atoms with Gasteiger partial charge in [0.05, 0.1) is 7.11 Å². The highest BCUT2D eigenvalue weighted by Gasteiger charge is 2.37. The lowest BCUT2D eigenvalue weighted by atomic mass is 10.1. The molecule has 5 nitrogen and oxygen atoms in total. The number of carbonyl (C=O) groups is 2. The predicted molar refractivity (Wildman–Crippen MR) is 98.3 cm³/mol. The molecule has 1 heterocycles. The number of nitrogens with one attached hydrogen (secondary N) is 1. The smallest absolute Gasteiger partial charge is 0.239 e. The third-order valence-electron chi connectivity index (χ3n) is 4.35. The Balaban J connectivity index is 1.70. The summed E-state index contributed by atoms with van der Waals surface area (Å²) in [6.45, 7) is 2.40. The fourth-order valence-corrected chi connectivity index (χ4v) is 3.01. The number of hydrogen-bond donors (Lipinski definition) is 1. The van der Waals surface area contributed by atoms with E-state index in [1.54, 1.807) is 42.3 Å². The van der Waals surface area contributed by atoms with Crippen LogP contribution in [-0.2, 0) is 9.59 Å². The first kappa shape index (κ1) is 17.3. The first-order valence-corrected chi connectivity index (χ1v) is 8.40. The molecule has 0 unspecified atom stereocenters. The summed E-state index contributed by atoms with van der Waals surface area (Å²) in [4.78, 5) is 26.7. The number of carbonyl (C=O) groups excluding carboxylic acids is 2. The van der Waals surface area contributed by atoms with Gasteiger partial charge in [-0.15, -0.1) is 0 Å². The summed E-state index contributed by atoms with van der Waals surface area (Å²) < 4.78 is 5.09. The molecule has 1 atom stereocenters. The molecule has 1 aliphatic rings. The van der Waals surface area contributed by atoms with Crippen molar-refractivity contribution in [2.24, 2.45) is 5.92 Å². The van der Waals surface area contributed by atoms with Crippen LogP contribution in [0.5, 0.6) is 5.75 Å². The van der Waals surface area contributed by atoms with E-state index in [-0.39, 0.29) is 11.8 Å². The fraction of sp³-hybridized carbons (Fsp3) is 0.263. The molecule has 0 aliphatic carbocycles. The molecule has 1 saturated heterocycles. The molecule has 6 heteroatoms. The van der Waals surface area contributed by atoms with E-state index in [0.29, 0.717) is 29.4 Å². The molecular weight excluding hydrogens is 340 g/mol. The van der Waals surface area contributed by atoms with Crippen molar-refractivity contribution in [1.82, 2.24) is 0 Å². The molecule has 2 aromatic rings. The zero-order valence-electron chi connectivity index (χ0n) is 14.1. The maximum absolute atomic E-state index is 12.6. The molecule has 0 radical (unpaired) electrons. The normalized spacial score (nSPS) is 16.8. The third-order valence-corrected chi connectivity index (χ3v) is 4.75. The number of methoxy groups -OCH3 is 1. The van der Waals surface area contributed by atoms with Crippen molar-refractivity contribution in [3.63, 3.8) is 0 Å². The SMILES string of the molecule is COc1ccc(NC(=O)[C@@H]2CCN(c3ccc(C)c(Cl)c3)C2=O)cc1. The van der Waals surface area contributed by atoms with Crippen molar-refractivity contribution in [1.29, 1.82) is 0 Å². The van der Waals surface area contributed by atoms with E-state index in [1.165, 1.54) is 0 Å². The van der Waals surface area contributed by atoms with E-state index >= 15 is 0 Å². The van der Waals surface area contributed by atoms with Gasteiger partial charge in [-0.25, -0.2) is 0 Å². The number of anilines is 2. The molecular formula is C19H19ClN2O3. The van der Waals surface area contributed by atoms with Crippen LogP contribution in [0.4, 0.5) is 11.4 Å². The number of hydrogen-bond acceptors (Lipinski definition) is 3. The minimum Gasteiger partial charge on any atom is -0.497 e. The van der Waals surface area contributed by atoms with Crippen LogP contribution in [0, 0.1) is 12.8 Å². The summed E-state index contributed by atoms with van der Waals surface area (Å²) in [5, 5.41) is 3.40. The first-order valence-electron chi connectivity index (χ1n) is 8.02. The number of aryl methyl sites for hydroxylation is 1. The van der Waals surface area contributed by atoms with Gasteiger partial charge in [-0.3, -0.25) is 9.59 Å². The minimum atomic E-state index is -0.692. The van der Waals surface area contributed by atoms with Gasteiger partial charge in [-0.05, 0) is 55.3 Å². The number of benzene rings is 2. The molecule has 0 bridgehead atoms. The number of ether oxygens (including phenoxy) is 1. The van der Waals surface area contributed by atoms with E-state index in [4.69, 9.17) is 16.3 Å². The van der Waals surface area contributed by atoms with Gasteiger partial charge in [0.25, 0.3) is 0 Å². The van der Waals surface area contributed by atoms with E-state index in [0.717, 1.165) is 11.3 Å². The van der Waals surface area contributed by atoms with Gasteiger partial charge < -0.3 is 15.0 Å². The van der Waals surface area contributed by atoms with Crippen molar-refractivity contribution in [2.75, 3.05) is 23.9 Å². The lowest BCUT2D eigenvalue weighted by Gasteiger charge is -2.17. The molecule has 1 fully saturated rings. The molecule has 0 saturated carbocycles. The second kappa shape index (κ2) is 7.15. The second-order valence-corrected chi connectivity index (χ2v) is 6.39. The van der Waals surface area contributed by atoms with Gasteiger partial charge in [-0.2, -0.15) is 0 Å². The van der Waals surface area contributed by atoms with Crippen LogP contribution in [-0.4, -0.2) is 25.5 Å². The van der Waals surface area contributed by atoms with E-state index in [9.17, 15) is 9.59 Å². The molecule has 0 spiro atoms. The van der Waals surface area contributed by atoms with Crippen LogP contribution < -0.4 is 15.0 Å². The molecule has 1 N–H and O–H groups in total. The highest BCUT2D eigenvalue weighted by molar-refractivity contribution is 6.31. The Kier molecular flexibility index (Phi) is 4.95. The topological polar surface area (TPSA) is 58.6 Å². The van der Waals surface area contributed by atoms with Crippen molar-refractivity contribution < 1.29 is 14.3 Å². The minimum absolute atomic E-state index is 0.203. The summed E-state index contributed by atoms with van der Waals surface area (Å²) in [5.41, 5.74) is 2.31. The third kappa shape index (κ3) is 3.61. The van der Waals surface area contributed by atoms with E-state index < -0.39 is 5.92 Å².